The van der Waals surface area contributed by atoms with Gasteiger partial charge in [-0.2, -0.15) is 0 Å². The molecule has 0 bridgehead atoms. The molecule has 10 heavy (non-hydrogen) atoms. The third-order valence-electron chi connectivity index (χ3n) is 1.27. The maximum Gasteiger partial charge on any atom is 0.304 e. The summed E-state index contributed by atoms with van der Waals surface area (Å²) in [6.45, 7) is 5.60. The second-order valence-corrected chi connectivity index (χ2v) is 3.04. The van der Waals surface area contributed by atoms with Crippen LogP contribution in [0.4, 0.5) is 0 Å². The van der Waals surface area contributed by atoms with Crippen LogP contribution in [-0.2, 0) is 0 Å². The molecule has 0 aromatic heterocycles. The van der Waals surface area contributed by atoms with E-state index in [1.807, 2.05) is 6.08 Å². The molecule has 0 fully saturated rings. The molecule has 0 aliphatic carbocycles. The average molecular weight is 223 g/mol. The molecule has 1 aliphatic rings. The third kappa shape index (κ3) is 2.34. The number of halogens is 1. The first-order valence-corrected chi connectivity index (χ1v) is 3.94. The Bertz CT molecular complexity index is 156. The van der Waals surface area contributed by atoms with Crippen molar-refractivity contribution in [1.29, 1.82) is 0 Å². The second-order valence-electron chi connectivity index (χ2n) is 1.92. The van der Waals surface area contributed by atoms with Crippen molar-refractivity contribution in [2.24, 2.45) is 5.73 Å². The van der Waals surface area contributed by atoms with Gasteiger partial charge < -0.3 is 17.0 Å². The molecule has 1 aliphatic heterocycles. The molecule has 58 valence electrons. The van der Waals surface area contributed by atoms with Gasteiger partial charge in [-0.15, -0.1) is 0 Å². The van der Waals surface area contributed by atoms with Crippen LogP contribution in [0.2, 0.25) is 0 Å². The van der Waals surface area contributed by atoms with E-state index in [1.54, 1.807) is 11.8 Å². The van der Waals surface area contributed by atoms with Crippen molar-refractivity contribution in [2.45, 2.75) is 0 Å². The molecule has 0 amide bonds. The van der Waals surface area contributed by atoms with Crippen molar-refractivity contribution in [3.8, 4) is 0 Å². The predicted octanol–water partition coefficient (Wildman–Crippen LogP) is -2.75. The molecular formula is C6H11BrN2S. The van der Waals surface area contributed by atoms with Gasteiger partial charge in [0.15, 0.2) is 0 Å². The maximum atomic E-state index is 5.62. The molecule has 0 aromatic carbocycles. The molecule has 0 radical (unpaired) electrons. The molecule has 2 N–H and O–H groups in total. The van der Waals surface area contributed by atoms with Gasteiger partial charge in [0, 0.05) is 5.75 Å². The Hall–Kier alpha value is 0.0400. The Kier molecular flexibility index (Phi) is 4.81. The maximum absolute atomic E-state index is 5.62. The monoisotopic (exact) mass is 222 g/mol. The Morgan fingerprint density at radius 1 is 1.80 bits per heavy atom. The van der Waals surface area contributed by atoms with Gasteiger partial charge in [0.2, 0.25) is 0 Å². The lowest BCUT2D eigenvalue weighted by Gasteiger charge is -1.93. The van der Waals surface area contributed by atoms with E-state index in [2.05, 4.69) is 11.2 Å². The fraction of sp³-hybridized carbons (Fsp3) is 0.500. The first-order chi connectivity index (χ1) is 4.34. The van der Waals surface area contributed by atoms with Crippen molar-refractivity contribution < 1.29 is 21.6 Å². The van der Waals surface area contributed by atoms with Crippen LogP contribution in [0.3, 0.4) is 0 Å². The minimum absolute atomic E-state index is 0. The minimum Gasteiger partial charge on any atom is -1.00 e. The summed E-state index contributed by atoms with van der Waals surface area (Å²) in [6, 6.07) is 0. The summed E-state index contributed by atoms with van der Waals surface area (Å²) in [5, 5.41) is 0.940. The van der Waals surface area contributed by atoms with Gasteiger partial charge >= 0.3 is 5.17 Å². The number of hydrogen-bond acceptors (Lipinski definition) is 2. The zero-order valence-electron chi connectivity index (χ0n) is 5.72. The van der Waals surface area contributed by atoms with Gasteiger partial charge in [-0.3, -0.25) is 10.3 Å². The molecule has 0 spiro atoms. The predicted molar refractivity (Wildman–Crippen MR) is 41.8 cm³/mol. The van der Waals surface area contributed by atoms with E-state index in [0.29, 0.717) is 0 Å². The average Bonchev–Trinajstić information content (AvgIpc) is 2.18. The normalized spacial score (nSPS) is 16.8. The number of nitrogens with two attached hydrogens (primary N) is 1. The van der Waals surface area contributed by atoms with E-state index in [-0.39, 0.29) is 17.0 Å². The summed E-state index contributed by atoms with van der Waals surface area (Å²) in [4.78, 5) is 0. The van der Waals surface area contributed by atoms with Crippen LogP contribution in [-0.4, -0.2) is 28.6 Å². The van der Waals surface area contributed by atoms with Gasteiger partial charge in [-0.1, -0.05) is 12.7 Å². The third-order valence-corrected chi connectivity index (χ3v) is 2.21. The first-order valence-electron chi connectivity index (χ1n) is 2.95. The van der Waals surface area contributed by atoms with Gasteiger partial charge in [0.1, 0.15) is 6.54 Å². The summed E-state index contributed by atoms with van der Waals surface area (Å²) in [6.07, 6.45) is 1.87. The fourth-order valence-corrected chi connectivity index (χ4v) is 1.67. The lowest BCUT2D eigenvalue weighted by molar-refractivity contribution is -0.508. The highest BCUT2D eigenvalue weighted by Gasteiger charge is 2.15. The van der Waals surface area contributed by atoms with Gasteiger partial charge in [0.25, 0.3) is 0 Å². The number of hydrogen-bond donors (Lipinski definition) is 1. The highest BCUT2D eigenvalue weighted by molar-refractivity contribution is 8.13. The van der Waals surface area contributed by atoms with Crippen molar-refractivity contribution >= 4 is 16.9 Å². The molecule has 0 saturated carbocycles. The molecule has 0 aromatic rings. The van der Waals surface area contributed by atoms with Crippen LogP contribution in [0.1, 0.15) is 0 Å². The summed E-state index contributed by atoms with van der Waals surface area (Å²) >= 11 is 1.72. The first kappa shape index (κ1) is 10.0. The van der Waals surface area contributed by atoms with Gasteiger partial charge in [0.05, 0.1) is 6.54 Å². The molecule has 0 atom stereocenters. The van der Waals surface area contributed by atoms with Crippen LogP contribution in [0, 0.1) is 0 Å². The second kappa shape index (κ2) is 4.79. The molecule has 0 unspecified atom stereocenters. The van der Waals surface area contributed by atoms with Crippen LogP contribution >= 0.6 is 11.8 Å². The number of nitrogens with zero attached hydrogens (tertiary/aromatic N) is 1. The Balaban J connectivity index is 0.000000810. The lowest BCUT2D eigenvalue weighted by atomic mass is 10.5. The van der Waals surface area contributed by atoms with E-state index in [1.165, 1.54) is 0 Å². The highest BCUT2D eigenvalue weighted by atomic mass is 79.9. The minimum atomic E-state index is 0. The van der Waals surface area contributed by atoms with Crippen molar-refractivity contribution in [3.05, 3.63) is 12.7 Å². The molecule has 0 saturated heterocycles. The standard InChI is InChI=1S/C6H10N2S.BrH/c1-2-3-8-4-5-9-6(8)7;/h2,7H,1,3-5H2;1H. The summed E-state index contributed by atoms with van der Waals surface area (Å²) in [7, 11) is 0. The van der Waals surface area contributed by atoms with Crippen molar-refractivity contribution in [1.82, 2.24) is 0 Å². The Labute approximate surface area is 75.9 Å². The number of rotatable bonds is 2. The SMILES string of the molecule is C=CC[N+]1=C(N)SCC1.[Br-]. The van der Waals surface area contributed by atoms with Crippen LogP contribution < -0.4 is 22.7 Å². The smallest absolute Gasteiger partial charge is 0.304 e. The molecule has 1 rings (SSSR count). The summed E-state index contributed by atoms with van der Waals surface area (Å²) in [5.41, 5.74) is 5.62. The quantitative estimate of drug-likeness (QED) is 0.406. The van der Waals surface area contributed by atoms with Crippen molar-refractivity contribution in [3.63, 3.8) is 0 Å². The zero-order valence-corrected chi connectivity index (χ0v) is 8.12. The Morgan fingerprint density at radius 3 is 2.90 bits per heavy atom. The zero-order chi connectivity index (χ0) is 6.69. The van der Waals surface area contributed by atoms with Crippen LogP contribution in [0.15, 0.2) is 12.7 Å². The van der Waals surface area contributed by atoms with Crippen LogP contribution in [0.25, 0.3) is 0 Å². The van der Waals surface area contributed by atoms with Gasteiger partial charge in [-0.05, 0) is 11.8 Å². The number of thioether (sulfide) groups is 1. The Morgan fingerprint density at radius 2 is 2.50 bits per heavy atom. The van der Waals surface area contributed by atoms with E-state index in [4.69, 9.17) is 5.73 Å². The van der Waals surface area contributed by atoms with E-state index in [9.17, 15) is 0 Å². The summed E-state index contributed by atoms with van der Waals surface area (Å²) < 4.78 is 2.12. The van der Waals surface area contributed by atoms with E-state index < -0.39 is 0 Å². The van der Waals surface area contributed by atoms with Gasteiger partial charge in [-0.25, -0.2) is 0 Å². The van der Waals surface area contributed by atoms with Crippen molar-refractivity contribution in [2.75, 3.05) is 18.8 Å². The summed E-state index contributed by atoms with van der Waals surface area (Å²) in [5.74, 6) is 1.12. The highest BCUT2D eigenvalue weighted by Crippen LogP contribution is 2.06. The number of amidine groups is 1. The topological polar surface area (TPSA) is 29.0 Å². The lowest BCUT2D eigenvalue weighted by Crippen LogP contribution is -3.00. The van der Waals surface area contributed by atoms with E-state index >= 15 is 0 Å². The molecular weight excluding hydrogens is 212 g/mol. The molecule has 1 heterocycles. The van der Waals surface area contributed by atoms with Crippen LogP contribution in [0.5, 0.6) is 0 Å². The fourth-order valence-electron chi connectivity index (χ4n) is 0.799. The largest absolute Gasteiger partial charge is 1.00 e. The molecule has 4 heteroatoms. The molecule has 2 nitrogen and oxygen atoms in total. The van der Waals surface area contributed by atoms with E-state index in [0.717, 1.165) is 24.0 Å².